The van der Waals surface area contributed by atoms with Gasteiger partial charge < -0.3 is 20.9 Å². The van der Waals surface area contributed by atoms with Crippen molar-refractivity contribution in [2.75, 3.05) is 17.6 Å². The Bertz CT molecular complexity index is 1280. The van der Waals surface area contributed by atoms with Crippen molar-refractivity contribution in [2.24, 2.45) is 0 Å². The minimum Gasteiger partial charge on any atom is -0.382 e. The van der Waals surface area contributed by atoms with Gasteiger partial charge in [0.15, 0.2) is 11.6 Å². The molecular weight excluding hydrogens is 427 g/mol. The number of rotatable bonds is 6. The Morgan fingerprint density at radius 1 is 1.30 bits per heavy atom. The van der Waals surface area contributed by atoms with Gasteiger partial charge in [-0.1, -0.05) is 23.4 Å². The topological polar surface area (TPSA) is 137 Å². The number of halogens is 1. The lowest BCUT2D eigenvalue weighted by Gasteiger charge is -2.12. The monoisotopic (exact) mass is 448 g/mol. The van der Waals surface area contributed by atoms with E-state index in [1.807, 2.05) is 0 Å². The van der Waals surface area contributed by atoms with Gasteiger partial charge in [0.25, 0.3) is 0 Å². The van der Waals surface area contributed by atoms with Gasteiger partial charge in [-0.15, -0.1) is 0 Å². The van der Waals surface area contributed by atoms with Crippen LogP contribution in [0.1, 0.15) is 18.4 Å². The van der Waals surface area contributed by atoms with Gasteiger partial charge in [-0.3, -0.25) is 9.48 Å². The van der Waals surface area contributed by atoms with Crippen LogP contribution in [0.25, 0.3) is 22.9 Å². The molecule has 4 aromatic rings. The minimum absolute atomic E-state index is 0.123. The summed E-state index contributed by atoms with van der Waals surface area (Å²) in [5.41, 5.74) is 8.45. The summed E-state index contributed by atoms with van der Waals surface area (Å²) in [4.78, 5) is 21.0. The molecule has 0 unspecified atom stereocenters. The first kappa shape index (κ1) is 20.8. The Hall–Kier alpha value is -4.12. The maximum atomic E-state index is 14.2. The molecule has 10 nitrogen and oxygen atoms in total. The fourth-order valence-corrected chi connectivity index (χ4v) is 3.73. The Balaban J connectivity index is 1.44. The number of carbonyl (C=O) groups excluding carboxylic acids is 1. The summed E-state index contributed by atoms with van der Waals surface area (Å²) in [7, 11) is 0. The summed E-state index contributed by atoms with van der Waals surface area (Å²) in [5, 5.41) is 14.4. The van der Waals surface area contributed by atoms with E-state index in [0.29, 0.717) is 28.3 Å². The van der Waals surface area contributed by atoms with Crippen LogP contribution in [0.5, 0.6) is 0 Å². The Kier molecular flexibility index (Phi) is 5.53. The quantitative estimate of drug-likeness (QED) is 0.409. The van der Waals surface area contributed by atoms with Crippen LogP contribution in [-0.2, 0) is 11.3 Å². The van der Waals surface area contributed by atoms with Gasteiger partial charge in [0.1, 0.15) is 29.2 Å². The van der Waals surface area contributed by atoms with Crippen LogP contribution in [0.15, 0.2) is 53.4 Å². The van der Waals surface area contributed by atoms with E-state index in [2.05, 4.69) is 30.9 Å². The smallest absolute Gasteiger partial charge is 0.241 e. The number of aromatic nitrogens is 5. The molecule has 1 saturated heterocycles. The zero-order valence-corrected chi connectivity index (χ0v) is 17.5. The molecule has 0 aliphatic carbocycles. The zero-order chi connectivity index (χ0) is 22.8. The number of nitrogens with zero attached hydrogens (tertiary/aromatic N) is 5. The highest BCUT2D eigenvalue weighted by Crippen LogP contribution is 2.26. The molecule has 1 amide bonds. The maximum Gasteiger partial charge on any atom is 0.241 e. The van der Waals surface area contributed by atoms with Crippen molar-refractivity contribution in [3.05, 3.63) is 60.2 Å². The second kappa shape index (κ2) is 8.79. The molecule has 0 bridgehead atoms. The first-order valence-electron chi connectivity index (χ1n) is 10.5. The van der Waals surface area contributed by atoms with Crippen LogP contribution in [0.4, 0.5) is 15.9 Å². The van der Waals surface area contributed by atoms with E-state index in [0.717, 1.165) is 19.4 Å². The molecule has 5 rings (SSSR count). The van der Waals surface area contributed by atoms with Crippen molar-refractivity contribution in [1.29, 1.82) is 0 Å². The maximum absolute atomic E-state index is 14.2. The summed E-state index contributed by atoms with van der Waals surface area (Å²) in [6.45, 7) is 0.985. The second-order valence-electron chi connectivity index (χ2n) is 7.68. The van der Waals surface area contributed by atoms with Crippen molar-refractivity contribution in [2.45, 2.75) is 25.4 Å². The molecule has 1 aliphatic heterocycles. The van der Waals surface area contributed by atoms with Gasteiger partial charge in [-0.25, -0.2) is 14.4 Å². The molecule has 168 valence electrons. The molecule has 0 saturated carbocycles. The molecule has 4 heterocycles. The molecule has 11 heteroatoms. The van der Waals surface area contributed by atoms with Crippen LogP contribution < -0.4 is 16.4 Å². The predicted molar refractivity (Wildman–Crippen MR) is 118 cm³/mol. The van der Waals surface area contributed by atoms with Gasteiger partial charge in [-0.2, -0.15) is 5.10 Å². The number of carbonyl (C=O) groups is 1. The van der Waals surface area contributed by atoms with Gasteiger partial charge >= 0.3 is 0 Å². The number of nitrogens with one attached hydrogen (secondary N) is 2. The van der Waals surface area contributed by atoms with Crippen LogP contribution in [0.3, 0.4) is 0 Å². The average molecular weight is 448 g/mol. The van der Waals surface area contributed by atoms with Gasteiger partial charge in [0.05, 0.1) is 24.5 Å². The highest BCUT2D eigenvalue weighted by molar-refractivity contribution is 5.96. The molecule has 1 fully saturated rings. The summed E-state index contributed by atoms with van der Waals surface area (Å²) in [6, 6.07) is 9.64. The number of anilines is 2. The Morgan fingerprint density at radius 3 is 2.91 bits per heavy atom. The lowest BCUT2D eigenvalue weighted by atomic mass is 10.2. The Morgan fingerprint density at radius 2 is 2.18 bits per heavy atom. The second-order valence-corrected chi connectivity index (χ2v) is 7.68. The van der Waals surface area contributed by atoms with E-state index in [4.69, 9.17) is 10.3 Å². The van der Waals surface area contributed by atoms with E-state index in [9.17, 15) is 9.18 Å². The largest absolute Gasteiger partial charge is 0.382 e. The lowest BCUT2D eigenvalue weighted by molar-refractivity contribution is -0.117. The normalized spacial score (nSPS) is 15.6. The fourth-order valence-electron chi connectivity index (χ4n) is 3.73. The predicted octanol–water partition coefficient (Wildman–Crippen LogP) is 2.46. The zero-order valence-electron chi connectivity index (χ0n) is 17.5. The van der Waals surface area contributed by atoms with E-state index < -0.39 is 0 Å². The third-order valence-electron chi connectivity index (χ3n) is 5.44. The summed E-state index contributed by atoms with van der Waals surface area (Å²) < 4.78 is 20.8. The number of benzene rings is 1. The molecule has 1 aliphatic rings. The highest BCUT2D eigenvalue weighted by atomic mass is 19.1. The van der Waals surface area contributed by atoms with Crippen LogP contribution >= 0.6 is 0 Å². The number of hydrogen-bond donors (Lipinski definition) is 3. The van der Waals surface area contributed by atoms with Gasteiger partial charge in [0.2, 0.25) is 5.91 Å². The number of amides is 1. The molecule has 4 N–H and O–H groups in total. The number of nitrogens with two attached hydrogens (primary N) is 1. The van der Waals surface area contributed by atoms with Gasteiger partial charge in [0, 0.05) is 11.6 Å². The van der Waals surface area contributed by atoms with Crippen molar-refractivity contribution < 1.29 is 13.7 Å². The third kappa shape index (κ3) is 4.30. The molecule has 1 atom stereocenters. The minimum atomic E-state index is -0.335. The molecular formula is C22H21FN8O2. The summed E-state index contributed by atoms with van der Waals surface area (Å²) in [6.07, 6.45) is 4.62. The van der Waals surface area contributed by atoms with E-state index >= 15 is 0 Å². The lowest BCUT2D eigenvalue weighted by Crippen LogP contribution is -2.35. The standard InChI is InChI=1S/C22H21FN8O2/c23-14-5-2-1-4-13(14)12-31-19(15-7-9-33-30-15)10-17(29-31)21-26-11-18(20(24)28-21)27-22(32)16-6-3-8-25-16/h1-2,4-5,7,9-11,16,25H,3,6,8,12H2,(H,27,32)(H2,24,26,28)/t16-/m1/s1. The number of nitrogen functional groups attached to an aromatic ring is 1. The first-order valence-corrected chi connectivity index (χ1v) is 10.5. The SMILES string of the molecule is Nc1nc(-c2cc(-c3ccon3)n(Cc3ccccc3F)n2)ncc1NC(=O)[C@H]1CCCN1. The van der Waals surface area contributed by atoms with Crippen LogP contribution in [-0.4, -0.2) is 43.4 Å². The Labute approximate surface area is 188 Å². The molecule has 33 heavy (non-hydrogen) atoms. The van der Waals surface area contributed by atoms with Crippen molar-refractivity contribution in [1.82, 2.24) is 30.2 Å². The van der Waals surface area contributed by atoms with Crippen molar-refractivity contribution in [3.63, 3.8) is 0 Å². The molecule has 0 spiro atoms. The first-order chi connectivity index (χ1) is 16.1. The highest BCUT2D eigenvalue weighted by Gasteiger charge is 2.23. The third-order valence-corrected chi connectivity index (χ3v) is 5.44. The van der Waals surface area contributed by atoms with E-state index in [1.54, 1.807) is 35.0 Å². The van der Waals surface area contributed by atoms with Crippen molar-refractivity contribution >= 4 is 17.4 Å². The van der Waals surface area contributed by atoms with Crippen molar-refractivity contribution in [3.8, 4) is 22.9 Å². The molecule has 1 aromatic carbocycles. The summed E-state index contributed by atoms with van der Waals surface area (Å²) >= 11 is 0. The van der Waals surface area contributed by atoms with Gasteiger partial charge in [-0.05, 0) is 31.5 Å². The van der Waals surface area contributed by atoms with Crippen LogP contribution in [0.2, 0.25) is 0 Å². The number of hydrogen-bond acceptors (Lipinski definition) is 8. The summed E-state index contributed by atoms with van der Waals surface area (Å²) in [5.74, 6) is -0.115. The average Bonchev–Trinajstić information content (AvgIpc) is 3.58. The molecule has 0 radical (unpaired) electrons. The van der Waals surface area contributed by atoms with E-state index in [-0.39, 0.29) is 36.0 Å². The molecule has 3 aromatic heterocycles. The fraction of sp³-hybridized carbons (Fsp3) is 0.227. The van der Waals surface area contributed by atoms with Crippen LogP contribution in [0, 0.1) is 5.82 Å². The van der Waals surface area contributed by atoms with E-state index in [1.165, 1.54) is 18.5 Å².